The zero-order chi connectivity index (χ0) is 26.3. The number of aromatic nitrogens is 2. The lowest BCUT2D eigenvalue weighted by Crippen LogP contribution is -2.19. The summed E-state index contributed by atoms with van der Waals surface area (Å²) in [6.45, 7) is 0. The Morgan fingerprint density at radius 1 is 0.861 bits per heavy atom. The lowest BCUT2D eigenvalue weighted by molar-refractivity contribution is -0.143. The molecule has 0 bridgehead atoms. The number of hydrogen-bond donors (Lipinski definition) is 2. The van der Waals surface area contributed by atoms with E-state index in [1.807, 2.05) is 0 Å². The van der Waals surface area contributed by atoms with Crippen molar-refractivity contribution in [3.8, 4) is 11.1 Å². The van der Waals surface area contributed by atoms with Crippen LogP contribution in [0.5, 0.6) is 0 Å². The number of imidazole rings is 1. The largest absolute Gasteiger partial charge is 0.416 e. The van der Waals surface area contributed by atoms with Crippen LogP contribution in [0.2, 0.25) is 0 Å². The third kappa shape index (κ3) is 5.29. The fourth-order valence-electron chi connectivity index (χ4n) is 3.57. The Labute approximate surface area is 201 Å². The number of aromatic amines is 1. The molecule has 0 saturated heterocycles. The summed E-state index contributed by atoms with van der Waals surface area (Å²) in [5, 5.41) is 0. The molecule has 5 nitrogen and oxygen atoms in total. The second-order valence-corrected chi connectivity index (χ2v) is 9.59. The van der Waals surface area contributed by atoms with Gasteiger partial charge in [0.05, 0.1) is 27.1 Å². The summed E-state index contributed by atoms with van der Waals surface area (Å²) in [5.74, 6) is 0.184. The average Bonchev–Trinajstić information content (AvgIpc) is 3.23. The minimum Gasteiger partial charge on any atom is -0.338 e. The molecule has 4 aromatic rings. The lowest BCUT2D eigenvalue weighted by Gasteiger charge is -2.12. The van der Waals surface area contributed by atoms with E-state index in [1.165, 1.54) is 19.2 Å². The minimum atomic E-state index is -4.95. The van der Waals surface area contributed by atoms with Crippen LogP contribution in [0.3, 0.4) is 0 Å². The molecule has 0 fully saturated rings. The molecule has 0 radical (unpaired) electrons. The zero-order valence-electron chi connectivity index (χ0n) is 18.4. The number of hydrogen-bond acceptors (Lipinski definition) is 3. The van der Waals surface area contributed by atoms with E-state index >= 15 is 0 Å². The molecule has 0 unspecified atom stereocenters. The number of nitrogens with one attached hydrogen (secondary N) is 2. The van der Waals surface area contributed by atoms with Crippen molar-refractivity contribution in [2.45, 2.75) is 17.2 Å². The average molecular weight is 525 g/mol. The van der Waals surface area contributed by atoms with Crippen molar-refractivity contribution in [1.82, 2.24) is 14.7 Å². The summed E-state index contributed by atoms with van der Waals surface area (Å²) in [6, 6.07) is 12.6. The number of sulfonamides is 1. The molecular weight excluding hydrogens is 508 g/mol. The molecule has 0 saturated carbocycles. The van der Waals surface area contributed by atoms with Gasteiger partial charge in [-0.1, -0.05) is 30.3 Å². The number of H-pyrrole nitrogens is 1. The van der Waals surface area contributed by atoms with Crippen LogP contribution in [0.1, 0.15) is 22.5 Å². The van der Waals surface area contributed by atoms with E-state index in [4.69, 9.17) is 0 Å². The van der Waals surface area contributed by atoms with E-state index in [2.05, 4.69) is 14.7 Å². The molecule has 12 heteroatoms. The molecule has 1 aromatic heterocycles. The molecule has 2 N–H and O–H groups in total. The summed E-state index contributed by atoms with van der Waals surface area (Å²) >= 11 is 0. The maximum atomic E-state index is 13.1. The Morgan fingerprint density at radius 3 is 2.11 bits per heavy atom. The van der Waals surface area contributed by atoms with E-state index < -0.39 is 33.5 Å². The van der Waals surface area contributed by atoms with Gasteiger partial charge in [-0.2, -0.15) is 26.3 Å². The minimum absolute atomic E-state index is 0.0617. The standard InChI is InChI=1S/C24H17F6N3O2S/c1-31-36(34,35)21-5-3-2-4-18(21)15-7-8-19-20(12-15)33-22(32-19)9-6-14-10-16(23(25,26)27)13-17(11-14)24(28,29)30/h2-13,31H,1H3,(H,32,33)/b9-6+. The van der Waals surface area contributed by atoms with E-state index in [1.54, 1.807) is 36.4 Å². The van der Waals surface area contributed by atoms with Gasteiger partial charge in [0.1, 0.15) is 5.82 Å². The van der Waals surface area contributed by atoms with E-state index in [9.17, 15) is 34.8 Å². The van der Waals surface area contributed by atoms with Gasteiger partial charge in [0.25, 0.3) is 0 Å². The molecular formula is C24H17F6N3O2S. The van der Waals surface area contributed by atoms with Gasteiger partial charge in [0.15, 0.2) is 0 Å². The van der Waals surface area contributed by atoms with Crippen LogP contribution >= 0.6 is 0 Å². The lowest BCUT2D eigenvalue weighted by atomic mass is 10.0. The number of fused-ring (bicyclic) bond motifs is 1. The second-order valence-electron chi connectivity index (χ2n) is 7.73. The topological polar surface area (TPSA) is 74.8 Å². The zero-order valence-corrected chi connectivity index (χ0v) is 19.2. The number of rotatable bonds is 5. The molecule has 0 aliphatic carbocycles. The smallest absolute Gasteiger partial charge is 0.338 e. The van der Waals surface area contributed by atoms with Gasteiger partial charge < -0.3 is 4.98 Å². The van der Waals surface area contributed by atoms with Crippen molar-refractivity contribution in [2.75, 3.05) is 7.05 Å². The fourth-order valence-corrected chi connectivity index (χ4v) is 4.52. The van der Waals surface area contributed by atoms with Gasteiger partial charge in [-0.15, -0.1) is 0 Å². The summed E-state index contributed by atoms with van der Waals surface area (Å²) in [7, 11) is -2.45. The molecule has 0 atom stereocenters. The predicted octanol–water partition coefficient (Wildman–Crippen LogP) is 6.35. The van der Waals surface area contributed by atoms with Gasteiger partial charge in [-0.3, -0.25) is 0 Å². The number of alkyl halides is 6. The van der Waals surface area contributed by atoms with E-state index in [-0.39, 0.29) is 22.3 Å². The van der Waals surface area contributed by atoms with Crippen LogP contribution in [0.15, 0.2) is 65.6 Å². The first-order valence-corrected chi connectivity index (χ1v) is 11.8. The predicted molar refractivity (Wildman–Crippen MR) is 123 cm³/mol. The number of halogens is 6. The van der Waals surface area contributed by atoms with Crippen LogP contribution in [0.4, 0.5) is 26.3 Å². The Kier molecular flexibility index (Phi) is 6.43. The van der Waals surface area contributed by atoms with Crippen molar-refractivity contribution < 1.29 is 34.8 Å². The number of nitrogens with zero attached hydrogens (tertiary/aromatic N) is 1. The van der Waals surface area contributed by atoms with Crippen LogP contribution < -0.4 is 4.72 Å². The van der Waals surface area contributed by atoms with Crippen LogP contribution in [0.25, 0.3) is 34.3 Å². The van der Waals surface area contributed by atoms with Gasteiger partial charge in [-0.05, 0) is 60.6 Å². The highest BCUT2D eigenvalue weighted by Crippen LogP contribution is 2.37. The third-order valence-corrected chi connectivity index (χ3v) is 6.77. The normalized spacial score (nSPS) is 13.1. The molecule has 0 aliphatic rings. The second kappa shape index (κ2) is 9.10. The van der Waals surface area contributed by atoms with Crippen molar-refractivity contribution >= 4 is 33.2 Å². The van der Waals surface area contributed by atoms with Crippen molar-refractivity contribution in [3.05, 3.63) is 83.2 Å². The summed E-state index contributed by atoms with van der Waals surface area (Å²) in [4.78, 5) is 7.30. The Balaban J connectivity index is 1.71. The van der Waals surface area contributed by atoms with Crippen LogP contribution in [-0.2, 0) is 22.4 Å². The quantitative estimate of drug-likeness (QED) is 0.299. The highest BCUT2D eigenvalue weighted by atomic mass is 32.2. The van der Waals surface area contributed by atoms with Crippen molar-refractivity contribution in [3.63, 3.8) is 0 Å². The van der Waals surface area contributed by atoms with Gasteiger partial charge in [-0.25, -0.2) is 18.1 Å². The summed E-state index contributed by atoms with van der Waals surface area (Å²) in [5.41, 5.74) is -1.20. The van der Waals surface area contributed by atoms with E-state index in [0.717, 1.165) is 6.08 Å². The highest BCUT2D eigenvalue weighted by Gasteiger charge is 2.36. The monoisotopic (exact) mass is 525 g/mol. The first-order chi connectivity index (χ1) is 16.8. The molecule has 1 heterocycles. The molecule has 188 valence electrons. The van der Waals surface area contributed by atoms with Crippen LogP contribution in [0, 0.1) is 0 Å². The number of benzene rings is 3. The molecule has 0 amide bonds. The van der Waals surface area contributed by atoms with Gasteiger partial charge in [0.2, 0.25) is 10.0 Å². The first kappa shape index (κ1) is 25.5. The van der Waals surface area contributed by atoms with Gasteiger partial charge in [0, 0.05) is 5.56 Å². The fraction of sp³-hybridized carbons (Fsp3) is 0.125. The van der Waals surface area contributed by atoms with Crippen molar-refractivity contribution in [1.29, 1.82) is 0 Å². The van der Waals surface area contributed by atoms with E-state index in [0.29, 0.717) is 34.3 Å². The van der Waals surface area contributed by atoms with Gasteiger partial charge >= 0.3 is 12.4 Å². The molecule has 3 aromatic carbocycles. The maximum Gasteiger partial charge on any atom is 0.416 e. The Hall–Kier alpha value is -3.64. The summed E-state index contributed by atoms with van der Waals surface area (Å²) < 4.78 is 106. The van der Waals surface area contributed by atoms with Crippen LogP contribution in [-0.4, -0.2) is 25.4 Å². The Bertz CT molecular complexity index is 1540. The molecule has 4 rings (SSSR count). The van der Waals surface area contributed by atoms with Crippen molar-refractivity contribution in [2.24, 2.45) is 0 Å². The molecule has 0 spiro atoms. The third-order valence-electron chi connectivity index (χ3n) is 5.30. The maximum absolute atomic E-state index is 13.1. The Morgan fingerprint density at radius 2 is 1.50 bits per heavy atom. The first-order valence-electron chi connectivity index (χ1n) is 10.3. The summed E-state index contributed by atoms with van der Waals surface area (Å²) in [6.07, 6.45) is -7.54. The SMILES string of the molecule is CNS(=O)(=O)c1ccccc1-c1ccc2[nH]c(/C=C/c3cc(C(F)(F)F)cc(C(F)(F)F)c3)nc2c1. The highest BCUT2D eigenvalue weighted by molar-refractivity contribution is 7.89. The molecule has 0 aliphatic heterocycles. The molecule has 36 heavy (non-hydrogen) atoms.